The summed E-state index contributed by atoms with van der Waals surface area (Å²) in [4.78, 5) is 4.33. The average Bonchev–Trinajstić information content (AvgIpc) is 2.94. The van der Waals surface area contributed by atoms with Gasteiger partial charge in [0.15, 0.2) is 5.11 Å². The topological polar surface area (TPSA) is 54.5 Å². The number of rotatable bonds is 2. The maximum atomic E-state index is 5.94. The molecule has 0 spiro atoms. The monoisotopic (exact) mass is 316 g/mol. The van der Waals surface area contributed by atoms with Crippen molar-refractivity contribution in [3.8, 4) is 0 Å². The highest BCUT2D eigenvalue weighted by Crippen LogP contribution is 2.32. The molecule has 1 aromatic heterocycles. The van der Waals surface area contributed by atoms with Crippen molar-refractivity contribution >= 4 is 34.6 Å². The molecule has 0 bridgehead atoms. The summed E-state index contributed by atoms with van der Waals surface area (Å²) >= 11 is 11.1. The van der Waals surface area contributed by atoms with E-state index < -0.39 is 0 Å². The minimum absolute atomic E-state index is 0.0169. The van der Waals surface area contributed by atoms with Crippen molar-refractivity contribution in [2.24, 2.45) is 10.8 Å². The van der Waals surface area contributed by atoms with Gasteiger partial charge in [-0.3, -0.25) is 4.98 Å². The van der Waals surface area contributed by atoms with Crippen LogP contribution in [0.2, 0.25) is 5.02 Å². The second-order valence-electron chi connectivity index (χ2n) is 4.72. The molecule has 4 nitrogen and oxygen atoms in total. The number of thiocarbonyl (C=S) groups is 1. The van der Waals surface area contributed by atoms with Crippen LogP contribution in [-0.2, 0) is 0 Å². The minimum atomic E-state index is -0.0169. The Balaban J connectivity index is 1.93. The van der Waals surface area contributed by atoms with Crippen LogP contribution in [-0.4, -0.2) is 20.8 Å². The normalized spacial score (nSPS) is 17.7. The molecule has 1 atom stereocenters. The Morgan fingerprint density at radius 1 is 1.24 bits per heavy atom. The number of pyridine rings is 1. The maximum Gasteiger partial charge on any atom is 0.187 e. The van der Waals surface area contributed by atoms with Crippen molar-refractivity contribution < 1.29 is 0 Å². The molecule has 1 aromatic carbocycles. The van der Waals surface area contributed by atoms with Crippen molar-refractivity contribution in [1.82, 2.24) is 9.99 Å². The number of hydrazone groups is 1. The maximum absolute atomic E-state index is 5.94. The van der Waals surface area contributed by atoms with E-state index in [-0.39, 0.29) is 11.2 Å². The van der Waals surface area contributed by atoms with Crippen LogP contribution in [0.5, 0.6) is 0 Å². The molecule has 106 valence electrons. The van der Waals surface area contributed by atoms with Crippen molar-refractivity contribution in [1.29, 1.82) is 0 Å². The fourth-order valence-electron chi connectivity index (χ4n) is 2.35. The Bertz CT molecular complexity index is 685. The van der Waals surface area contributed by atoms with Crippen LogP contribution in [0.25, 0.3) is 0 Å². The van der Waals surface area contributed by atoms with E-state index in [1.54, 1.807) is 11.2 Å². The van der Waals surface area contributed by atoms with E-state index in [1.807, 2.05) is 42.5 Å². The second kappa shape index (κ2) is 5.79. The van der Waals surface area contributed by atoms with Gasteiger partial charge in [-0.25, -0.2) is 5.01 Å². The molecule has 1 aliphatic heterocycles. The fourth-order valence-corrected chi connectivity index (χ4v) is 2.64. The largest absolute Gasteiger partial charge is 0.375 e. The van der Waals surface area contributed by atoms with Crippen LogP contribution < -0.4 is 5.73 Å². The molecule has 1 unspecified atom stereocenters. The van der Waals surface area contributed by atoms with Gasteiger partial charge in [0, 0.05) is 17.6 Å². The molecule has 21 heavy (non-hydrogen) atoms. The lowest BCUT2D eigenvalue weighted by Crippen LogP contribution is -2.31. The highest BCUT2D eigenvalue weighted by Gasteiger charge is 2.30. The molecular weight excluding hydrogens is 304 g/mol. The molecule has 6 heteroatoms. The third-order valence-corrected chi connectivity index (χ3v) is 3.79. The van der Waals surface area contributed by atoms with Gasteiger partial charge in [0.1, 0.15) is 0 Å². The van der Waals surface area contributed by atoms with Gasteiger partial charge in [0.2, 0.25) is 0 Å². The fraction of sp³-hybridized carbons (Fsp3) is 0.133. The molecule has 2 heterocycles. The molecule has 2 N–H and O–H groups in total. The van der Waals surface area contributed by atoms with Gasteiger partial charge in [-0.1, -0.05) is 29.8 Å². The zero-order chi connectivity index (χ0) is 14.8. The molecule has 0 amide bonds. The van der Waals surface area contributed by atoms with E-state index >= 15 is 0 Å². The highest BCUT2D eigenvalue weighted by molar-refractivity contribution is 7.80. The third kappa shape index (κ3) is 2.89. The Labute approximate surface area is 133 Å². The molecule has 0 saturated carbocycles. The van der Waals surface area contributed by atoms with Gasteiger partial charge >= 0.3 is 0 Å². The first-order valence-corrected chi connectivity index (χ1v) is 7.27. The Hall–Kier alpha value is -1.98. The lowest BCUT2D eigenvalue weighted by molar-refractivity contribution is 0.373. The number of hydrogen-bond donors (Lipinski definition) is 1. The molecule has 2 aromatic rings. The molecule has 3 rings (SSSR count). The van der Waals surface area contributed by atoms with E-state index in [0.717, 1.165) is 17.0 Å². The molecule has 0 radical (unpaired) electrons. The quantitative estimate of drug-likeness (QED) is 0.865. The first-order chi connectivity index (χ1) is 10.1. The number of nitrogens with zero attached hydrogens (tertiary/aromatic N) is 3. The summed E-state index contributed by atoms with van der Waals surface area (Å²) in [7, 11) is 0. The zero-order valence-electron chi connectivity index (χ0n) is 11.1. The number of aromatic nitrogens is 1. The Morgan fingerprint density at radius 3 is 2.62 bits per heavy atom. The lowest BCUT2D eigenvalue weighted by Gasteiger charge is -2.21. The summed E-state index contributed by atoms with van der Waals surface area (Å²) in [5, 5.41) is 7.14. The number of benzene rings is 1. The smallest absolute Gasteiger partial charge is 0.187 e. The van der Waals surface area contributed by atoms with E-state index in [2.05, 4.69) is 10.1 Å². The average molecular weight is 317 g/mol. The first-order valence-electron chi connectivity index (χ1n) is 6.48. The summed E-state index contributed by atoms with van der Waals surface area (Å²) in [5.74, 6) is 0. The molecule has 1 aliphatic rings. The van der Waals surface area contributed by atoms with Crippen molar-refractivity contribution in [2.45, 2.75) is 12.5 Å². The first kappa shape index (κ1) is 14.0. The van der Waals surface area contributed by atoms with Crippen molar-refractivity contribution in [2.75, 3.05) is 0 Å². The zero-order valence-corrected chi connectivity index (χ0v) is 12.7. The van der Waals surface area contributed by atoms with E-state index in [1.165, 1.54) is 0 Å². The SMILES string of the molecule is NC(=S)N1N=C(c2ccccn2)CC1c1ccc(Cl)cc1. The summed E-state index contributed by atoms with van der Waals surface area (Å²) < 4.78 is 0. The Kier molecular flexibility index (Phi) is 3.86. The summed E-state index contributed by atoms with van der Waals surface area (Å²) in [6.07, 6.45) is 2.45. The van der Waals surface area contributed by atoms with Crippen LogP contribution in [0.3, 0.4) is 0 Å². The number of hydrogen-bond acceptors (Lipinski definition) is 3. The second-order valence-corrected chi connectivity index (χ2v) is 5.57. The van der Waals surface area contributed by atoms with Gasteiger partial charge in [-0.2, -0.15) is 5.10 Å². The van der Waals surface area contributed by atoms with Crippen molar-refractivity contribution in [3.63, 3.8) is 0 Å². The molecule has 0 fully saturated rings. The van der Waals surface area contributed by atoms with Gasteiger partial charge in [0.05, 0.1) is 17.4 Å². The van der Waals surface area contributed by atoms with E-state index in [4.69, 9.17) is 29.6 Å². The summed E-state index contributed by atoms with van der Waals surface area (Å²) in [5.41, 5.74) is 8.59. The third-order valence-electron chi connectivity index (χ3n) is 3.35. The highest BCUT2D eigenvalue weighted by atomic mass is 35.5. The van der Waals surface area contributed by atoms with Crippen LogP contribution in [0, 0.1) is 0 Å². The van der Waals surface area contributed by atoms with Crippen LogP contribution >= 0.6 is 23.8 Å². The van der Waals surface area contributed by atoms with Gasteiger partial charge in [-0.15, -0.1) is 0 Å². The van der Waals surface area contributed by atoms with Crippen molar-refractivity contribution in [3.05, 3.63) is 64.9 Å². The number of nitrogens with two attached hydrogens (primary N) is 1. The molecular formula is C15H13ClN4S. The van der Waals surface area contributed by atoms with E-state index in [0.29, 0.717) is 11.4 Å². The lowest BCUT2D eigenvalue weighted by atomic mass is 10.0. The van der Waals surface area contributed by atoms with Crippen LogP contribution in [0.4, 0.5) is 0 Å². The van der Waals surface area contributed by atoms with Gasteiger partial charge in [0.25, 0.3) is 0 Å². The van der Waals surface area contributed by atoms with Gasteiger partial charge in [-0.05, 0) is 42.0 Å². The summed E-state index contributed by atoms with van der Waals surface area (Å²) in [6, 6.07) is 13.4. The van der Waals surface area contributed by atoms with Crippen LogP contribution in [0.1, 0.15) is 23.7 Å². The Morgan fingerprint density at radius 2 is 2.00 bits per heavy atom. The summed E-state index contributed by atoms with van der Waals surface area (Å²) in [6.45, 7) is 0. The predicted octanol–water partition coefficient (Wildman–Crippen LogP) is 3.13. The minimum Gasteiger partial charge on any atom is -0.375 e. The predicted molar refractivity (Wildman–Crippen MR) is 88.2 cm³/mol. The molecule has 0 saturated heterocycles. The standard InChI is InChI=1S/C15H13ClN4S/c16-11-6-4-10(5-7-11)14-9-13(19-20(14)15(17)21)12-3-1-2-8-18-12/h1-8,14H,9H2,(H2,17,21). The number of halogens is 1. The van der Waals surface area contributed by atoms with Gasteiger partial charge < -0.3 is 5.73 Å². The molecule has 0 aliphatic carbocycles. The van der Waals surface area contributed by atoms with E-state index in [9.17, 15) is 0 Å². The van der Waals surface area contributed by atoms with Crippen LogP contribution in [0.15, 0.2) is 53.8 Å².